The van der Waals surface area contributed by atoms with Crippen LogP contribution in [0.3, 0.4) is 0 Å². The lowest BCUT2D eigenvalue weighted by atomic mass is 10.1. The van der Waals surface area contributed by atoms with Gasteiger partial charge in [-0.1, -0.05) is 13.8 Å². The summed E-state index contributed by atoms with van der Waals surface area (Å²) in [7, 11) is 0. The number of rotatable bonds is 5. The van der Waals surface area contributed by atoms with Crippen molar-refractivity contribution in [2.45, 2.75) is 58.5 Å². The second kappa shape index (κ2) is 7.54. The summed E-state index contributed by atoms with van der Waals surface area (Å²) in [6.45, 7) is 8.22. The topological polar surface area (TPSA) is 47.0 Å². The lowest BCUT2D eigenvalue weighted by Crippen LogP contribution is -2.23. The average molecular weight is 389 g/mol. The molecule has 0 aliphatic carbocycles. The first kappa shape index (κ1) is 15.9. The minimum absolute atomic E-state index is 0.290. The minimum atomic E-state index is 0.290. The molecule has 0 aromatic carbocycles. The molecule has 1 aromatic rings. The van der Waals surface area contributed by atoms with Crippen molar-refractivity contribution in [2.24, 2.45) is 0 Å². The Balaban J connectivity index is 2.22. The second-order valence-electron chi connectivity index (χ2n) is 5.57. The van der Waals surface area contributed by atoms with Crippen LogP contribution >= 0.6 is 22.6 Å². The molecular weight excluding hydrogens is 365 g/mol. The lowest BCUT2D eigenvalue weighted by Gasteiger charge is -2.22. The monoisotopic (exact) mass is 389 g/mol. The number of nitrogens with zero attached hydrogens (tertiary/aromatic N) is 2. The minimum Gasteiger partial charge on any atom is -0.378 e. The molecule has 0 spiro atoms. The van der Waals surface area contributed by atoms with Crippen molar-refractivity contribution in [1.29, 1.82) is 0 Å². The molecule has 0 saturated carbocycles. The van der Waals surface area contributed by atoms with Crippen molar-refractivity contribution in [3.63, 3.8) is 0 Å². The van der Waals surface area contributed by atoms with Crippen LogP contribution in [0.15, 0.2) is 0 Å². The highest BCUT2D eigenvalue weighted by Gasteiger charge is 2.19. The van der Waals surface area contributed by atoms with Gasteiger partial charge in [0.1, 0.15) is 11.6 Å². The molecule has 0 bridgehead atoms. The summed E-state index contributed by atoms with van der Waals surface area (Å²) in [5.41, 5.74) is 1.14. The van der Waals surface area contributed by atoms with Crippen molar-refractivity contribution < 1.29 is 4.74 Å². The van der Waals surface area contributed by atoms with Crippen LogP contribution < -0.4 is 5.32 Å². The van der Waals surface area contributed by atoms with E-state index in [-0.39, 0.29) is 0 Å². The van der Waals surface area contributed by atoms with Crippen LogP contribution in [-0.4, -0.2) is 29.2 Å². The van der Waals surface area contributed by atoms with Gasteiger partial charge in [0.2, 0.25) is 0 Å². The zero-order chi connectivity index (χ0) is 14.5. The molecule has 4 nitrogen and oxygen atoms in total. The molecule has 20 heavy (non-hydrogen) atoms. The molecule has 1 aliphatic rings. The fourth-order valence-electron chi connectivity index (χ4n) is 2.44. The Hall–Kier alpha value is -0.430. The van der Waals surface area contributed by atoms with Gasteiger partial charge >= 0.3 is 0 Å². The number of nitrogens with one attached hydrogen (secondary N) is 1. The average Bonchev–Trinajstić information content (AvgIpc) is 2.43. The van der Waals surface area contributed by atoms with E-state index in [0.29, 0.717) is 12.0 Å². The normalized spacial score (nSPS) is 19.4. The fourth-order valence-corrected chi connectivity index (χ4v) is 3.50. The van der Waals surface area contributed by atoms with Gasteiger partial charge in [0.25, 0.3) is 0 Å². The first-order chi connectivity index (χ1) is 9.61. The van der Waals surface area contributed by atoms with E-state index in [1.165, 1.54) is 12.8 Å². The van der Waals surface area contributed by atoms with Crippen molar-refractivity contribution in [1.82, 2.24) is 9.97 Å². The van der Waals surface area contributed by atoms with Gasteiger partial charge in [0.05, 0.1) is 15.4 Å². The van der Waals surface area contributed by atoms with Gasteiger partial charge in [0.15, 0.2) is 0 Å². The van der Waals surface area contributed by atoms with Gasteiger partial charge in [-0.15, -0.1) is 0 Å². The number of anilines is 1. The highest BCUT2D eigenvalue weighted by Crippen LogP contribution is 2.26. The van der Waals surface area contributed by atoms with E-state index in [9.17, 15) is 0 Å². The highest BCUT2D eigenvalue weighted by atomic mass is 127. The first-order valence-electron chi connectivity index (χ1n) is 7.53. The molecule has 1 unspecified atom stereocenters. The summed E-state index contributed by atoms with van der Waals surface area (Å²) in [4.78, 5) is 9.46. The number of hydrogen-bond donors (Lipinski definition) is 1. The molecule has 1 saturated heterocycles. The molecule has 1 atom stereocenters. The second-order valence-corrected chi connectivity index (χ2v) is 6.64. The van der Waals surface area contributed by atoms with E-state index < -0.39 is 0 Å². The number of hydrogen-bond acceptors (Lipinski definition) is 4. The predicted molar refractivity (Wildman–Crippen MR) is 90.3 cm³/mol. The molecule has 1 aromatic heterocycles. The Bertz CT molecular complexity index is 445. The van der Waals surface area contributed by atoms with Gasteiger partial charge < -0.3 is 10.1 Å². The number of halogens is 1. The zero-order valence-electron chi connectivity index (χ0n) is 12.6. The molecule has 0 radical (unpaired) electrons. The third kappa shape index (κ3) is 4.04. The zero-order valence-corrected chi connectivity index (χ0v) is 14.7. The maximum Gasteiger partial charge on any atom is 0.143 e. The van der Waals surface area contributed by atoms with E-state index in [1.54, 1.807) is 0 Å². The van der Waals surface area contributed by atoms with E-state index >= 15 is 0 Å². The van der Waals surface area contributed by atoms with Crippen molar-refractivity contribution in [3.8, 4) is 0 Å². The maximum absolute atomic E-state index is 5.81. The molecule has 0 amide bonds. The fraction of sp³-hybridized carbons (Fsp3) is 0.733. The lowest BCUT2D eigenvalue weighted by molar-refractivity contribution is 0.0156. The number of ether oxygens (including phenoxy) is 1. The van der Waals surface area contributed by atoms with Crippen LogP contribution in [0, 0.1) is 3.57 Å². The van der Waals surface area contributed by atoms with Crippen molar-refractivity contribution in [3.05, 3.63) is 15.1 Å². The van der Waals surface area contributed by atoms with Crippen LogP contribution in [0.25, 0.3) is 0 Å². The SMILES string of the molecule is CCNc1nc(CC2CCCCO2)nc(C(C)C)c1I. The van der Waals surface area contributed by atoms with Gasteiger partial charge in [-0.25, -0.2) is 9.97 Å². The number of aromatic nitrogens is 2. The van der Waals surface area contributed by atoms with Crippen LogP contribution in [0.4, 0.5) is 5.82 Å². The molecule has 112 valence electrons. The third-order valence-electron chi connectivity index (χ3n) is 3.50. The molecular formula is C15H24IN3O. The van der Waals surface area contributed by atoms with E-state index in [2.05, 4.69) is 53.7 Å². The van der Waals surface area contributed by atoms with Crippen LogP contribution in [0.5, 0.6) is 0 Å². The highest BCUT2D eigenvalue weighted by molar-refractivity contribution is 14.1. The quantitative estimate of drug-likeness (QED) is 0.780. The van der Waals surface area contributed by atoms with Crippen LogP contribution in [0.1, 0.15) is 57.5 Å². The summed E-state index contributed by atoms with van der Waals surface area (Å²) in [5, 5.41) is 3.35. The summed E-state index contributed by atoms with van der Waals surface area (Å²) < 4.78 is 6.96. The van der Waals surface area contributed by atoms with Gasteiger partial charge in [-0.2, -0.15) is 0 Å². The Labute approximate surface area is 135 Å². The molecule has 1 fully saturated rings. The molecule has 2 rings (SSSR count). The Morgan fingerprint density at radius 3 is 2.75 bits per heavy atom. The Morgan fingerprint density at radius 1 is 1.35 bits per heavy atom. The molecule has 2 heterocycles. The summed E-state index contributed by atoms with van der Waals surface area (Å²) >= 11 is 2.35. The van der Waals surface area contributed by atoms with Gasteiger partial charge in [0, 0.05) is 19.6 Å². The largest absolute Gasteiger partial charge is 0.378 e. The summed E-state index contributed by atoms with van der Waals surface area (Å²) in [6.07, 6.45) is 4.69. The van der Waals surface area contributed by atoms with Crippen LogP contribution in [0.2, 0.25) is 0 Å². The van der Waals surface area contributed by atoms with Crippen molar-refractivity contribution >= 4 is 28.4 Å². The van der Waals surface area contributed by atoms with Crippen molar-refractivity contribution in [2.75, 3.05) is 18.5 Å². The van der Waals surface area contributed by atoms with E-state index in [0.717, 1.165) is 46.9 Å². The van der Waals surface area contributed by atoms with Crippen LogP contribution in [-0.2, 0) is 11.2 Å². The first-order valence-corrected chi connectivity index (χ1v) is 8.61. The summed E-state index contributed by atoms with van der Waals surface area (Å²) in [6, 6.07) is 0. The molecule has 1 N–H and O–H groups in total. The standard InChI is InChI=1S/C15H24IN3O/c1-4-17-15-13(16)14(10(2)3)18-12(19-15)9-11-7-5-6-8-20-11/h10-11H,4-9H2,1-3H3,(H,17,18,19). The third-order valence-corrected chi connectivity index (χ3v) is 4.56. The maximum atomic E-state index is 5.81. The van der Waals surface area contributed by atoms with Gasteiger partial charge in [-0.3, -0.25) is 0 Å². The van der Waals surface area contributed by atoms with E-state index in [4.69, 9.17) is 9.72 Å². The van der Waals surface area contributed by atoms with Gasteiger partial charge in [-0.05, 0) is 54.7 Å². The smallest absolute Gasteiger partial charge is 0.143 e. The molecule has 5 heteroatoms. The summed E-state index contributed by atoms with van der Waals surface area (Å²) in [5.74, 6) is 2.29. The van der Waals surface area contributed by atoms with E-state index in [1.807, 2.05) is 0 Å². The Morgan fingerprint density at radius 2 is 2.15 bits per heavy atom. The Kier molecular flexibility index (Phi) is 6.01. The predicted octanol–water partition coefficient (Wildman–Crippen LogP) is 3.75. The molecule has 1 aliphatic heterocycles.